The number of phenolic OH excluding ortho intramolecular Hbond substituents is 1. The minimum atomic E-state index is -0.0241. The fraction of sp³-hybridized carbons (Fsp3) is 0.514. The summed E-state index contributed by atoms with van der Waals surface area (Å²) < 4.78 is 6.26. The molecule has 1 saturated carbocycles. The number of phenols is 1. The molecule has 1 aromatic heterocycles. The van der Waals surface area contributed by atoms with Crippen LogP contribution in [0.4, 0.5) is 11.5 Å². The summed E-state index contributed by atoms with van der Waals surface area (Å²) >= 11 is 0. The van der Waals surface area contributed by atoms with Crippen molar-refractivity contribution in [3.63, 3.8) is 0 Å². The molecule has 2 unspecified atom stereocenters. The number of aryl methyl sites for hydroxylation is 1. The molecule has 1 amide bonds. The highest BCUT2D eigenvalue weighted by Gasteiger charge is 2.38. The van der Waals surface area contributed by atoms with Crippen molar-refractivity contribution in [2.45, 2.75) is 45.6 Å². The number of anilines is 2. The number of hydrogen-bond donors (Lipinski definition) is 1. The molecule has 44 heavy (non-hydrogen) atoms. The van der Waals surface area contributed by atoms with Crippen LogP contribution in [0.1, 0.15) is 42.5 Å². The van der Waals surface area contributed by atoms with E-state index in [0.29, 0.717) is 45.3 Å². The number of aromatic nitrogens is 2. The monoisotopic (exact) mass is 596 g/mol. The predicted molar refractivity (Wildman–Crippen MR) is 174 cm³/mol. The van der Waals surface area contributed by atoms with Crippen molar-refractivity contribution in [2.75, 3.05) is 68.8 Å². The van der Waals surface area contributed by atoms with Crippen LogP contribution >= 0.6 is 0 Å². The second-order valence-electron chi connectivity index (χ2n) is 13.0. The molecule has 2 saturated heterocycles. The molecule has 0 bridgehead atoms. The molecule has 1 N–H and O–H groups in total. The molecular weight excluding hydrogens is 552 g/mol. The van der Waals surface area contributed by atoms with Crippen LogP contribution in [0.25, 0.3) is 10.8 Å². The number of aromatic hydroxyl groups is 1. The van der Waals surface area contributed by atoms with Gasteiger partial charge in [-0.25, -0.2) is 0 Å². The number of carbonyl (C=O) groups is 1. The molecule has 0 spiro atoms. The summed E-state index contributed by atoms with van der Waals surface area (Å²) in [6.07, 6.45) is 7.28. The standard InChI is InChI=1S/C35H44N6O3/c1-3-33(43)39-14-16-40(17-15-39)34-30-9-13-41(32-22-28(42)21-27-19-24(2)5-6-29(27)32)23-31(30)36-35(37-34)44-18-4-10-38-11-7-25-20-26(25)8-12-38/h3,5-6,19,21-22,25-26,42H,1,4,7-18,20,23H2,2H3. The second kappa shape index (κ2) is 12.3. The summed E-state index contributed by atoms with van der Waals surface area (Å²) in [6, 6.07) is 10.5. The number of benzene rings is 2. The van der Waals surface area contributed by atoms with E-state index in [1.165, 1.54) is 44.0 Å². The Morgan fingerprint density at radius 1 is 1.02 bits per heavy atom. The van der Waals surface area contributed by atoms with Gasteiger partial charge in [0, 0.05) is 62.0 Å². The van der Waals surface area contributed by atoms with Gasteiger partial charge in [-0.3, -0.25) is 4.79 Å². The maximum Gasteiger partial charge on any atom is 0.318 e. The van der Waals surface area contributed by atoms with Gasteiger partial charge in [-0.2, -0.15) is 9.97 Å². The Bertz CT molecular complexity index is 1530. The number of nitrogens with zero attached hydrogens (tertiary/aromatic N) is 6. The lowest BCUT2D eigenvalue weighted by molar-refractivity contribution is -0.126. The Morgan fingerprint density at radius 3 is 2.59 bits per heavy atom. The highest BCUT2D eigenvalue weighted by molar-refractivity contribution is 5.96. The van der Waals surface area contributed by atoms with Crippen LogP contribution in [0.15, 0.2) is 43.0 Å². The van der Waals surface area contributed by atoms with Crippen LogP contribution < -0.4 is 14.5 Å². The SMILES string of the molecule is C=CC(=O)N1CCN(c2nc(OCCCN3CCC4CC4CC3)nc3c2CCN(c2cc(O)cc4cc(C)ccc24)C3)CC1. The van der Waals surface area contributed by atoms with Crippen molar-refractivity contribution in [2.24, 2.45) is 11.8 Å². The van der Waals surface area contributed by atoms with Crippen LogP contribution in [0.3, 0.4) is 0 Å². The second-order valence-corrected chi connectivity index (χ2v) is 13.0. The van der Waals surface area contributed by atoms with Crippen molar-refractivity contribution in [3.05, 3.63) is 59.8 Å². The third-order valence-corrected chi connectivity index (χ3v) is 10.1. The molecule has 3 fully saturated rings. The number of rotatable bonds is 8. The van der Waals surface area contributed by atoms with E-state index in [2.05, 4.69) is 46.4 Å². The van der Waals surface area contributed by atoms with Gasteiger partial charge >= 0.3 is 6.01 Å². The molecule has 2 aromatic carbocycles. The number of carbonyl (C=O) groups excluding carboxylic acids is 1. The summed E-state index contributed by atoms with van der Waals surface area (Å²) in [5.41, 5.74) is 4.30. The topological polar surface area (TPSA) is 85.3 Å². The lowest BCUT2D eigenvalue weighted by Crippen LogP contribution is -2.49. The number of likely N-dealkylation sites (tertiary alicyclic amines) is 1. The molecular formula is C35H44N6O3. The zero-order valence-corrected chi connectivity index (χ0v) is 25.9. The van der Waals surface area contributed by atoms with Gasteiger partial charge in [0.05, 0.1) is 18.8 Å². The number of piperazine rings is 1. The largest absolute Gasteiger partial charge is 0.508 e. The normalized spacial score (nSPS) is 21.9. The average Bonchev–Trinajstić information content (AvgIpc) is 3.82. The molecule has 4 heterocycles. The Balaban J connectivity index is 1.11. The Hall–Kier alpha value is -3.85. The lowest BCUT2D eigenvalue weighted by atomic mass is 10.0. The molecule has 9 nitrogen and oxygen atoms in total. The maximum atomic E-state index is 12.2. The predicted octanol–water partition coefficient (Wildman–Crippen LogP) is 4.54. The summed E-state index contributed by atoms with van der Waals surface area (Å²) in [6.45, 7) is 13.9. The quantitative estimate of drug-likeness (QED) is 0.300. The van der Waals surface area contributed by atoms with Gasteiger partial charge in [0.15, 0.2) is 0 Å². The van der Waals surface area contributed by atoms with E-state index < -0.39 is 0 Å². The Kier molecular flexibility index (Phi) is 8.06. The van der Waals surface area contributed by atoms with E-state index in [1.54, 1.807) is 0 Å². The number of amides is 1. The van der Waals surface area contributed by atoms with Crippen LogP contribution in [0.5, 0.6) is 11.8 Å². The fourth-order valence-electron chi connectivity index (χ4n) is 7.40. The molecule has 3 aliphatic heterocycles. The highest BCUT2D eigenvalue weighted by Crippen LogP contribution is 2.45. The third-order valence-electron chi connectivity index (χ3n) is 10.1. The summed E-state index contributed by atoms with van der Waals surface area (Å²) in [5, 5.41) is 12.7. The summed E-state index contributed by atoms with van der Waals surface area (Å²) in [4.78, 5) is 31.2. The molecule has 2 atom stereocenters. The molecule has 4 aliphatic rings. The van der Waals surface area contributed by atoms with E-state index >= 15 is 0 Å². The fourth-order valence-corrected chi connectivity index (χ4v) is 7.40. The van der Waals surface area contributed by atoms with Crippen LogP contribution in [0.2, 0.25) is 0 Å². The van der Waals surface area contributed by atoms with Crippen molar-refractivity contribution in [1.29, 1.82) is 0 Å². The van der Waals surface area contributed by atoms with E-state index in [1.807, 2.05) is 17.0 Å². The summed E-state index contributed by atoms with van der Waals surface area (Å²) in [5.74, 6) is 3.14. The van der Waals surface area contributed by atoms with Crippen LogP contribution in [-0.4, -0.2) is 89.7 Å². The van der Waals surface area contributed by atoms with Gasteiger partial charge in [0.25, 0.3) is 0 Å². The molecule has 232 valence electrons. The first kappa shape index (κ1) is 28.9. The molecule has 1 aliphatic carbocycles. The molecule has 0 radical (unpaired) electrons. The van der Waals surface area contributed by atoms with E-state index in [9.17, 15) is 9.90 Å². The van der Waals surface area contributed by atoms with Gasteiger partial charge < -0.3 is 29.4 Å². The first-order chi connectivity index (χ1) is 21.4. The number of fused-ring (bicyclic) bond motifs is 3. The van der Waals surface area contributed by atoms with Gasteiger partial charge in [-0.15, -0.1) is 0 Å². The van der Waals surface area contributed by atoms with E-state index in [0.717, 1.165) is 71.3 Å². The average molecular weight is 597 g/mol. The van der Waals surface area contributed by atoms with Crippen molar-refractivity contribution >= 4 is 28.2 Å². The summed E-state index contributed by atoms with van der Waals surface area (Å²) in [7, 11) is 0. The van der Waals surface area contributed by atoms with Gasteiger partial charge in [-0.1, -0.05) is 30.3 Å². The maximum absolute atomic E-state index is 12.2. The van der Waals surface area contributed by atoms with Gasteiger partial charge in [0.1, 0.15) is 11.6 Å². The minimum Gasteiger partial charge on any atom is -0.508 e. The smallest absolute Gasteiger partial charge is 0.318 e. The zero-order chi connectivity index (χ0) is 30.2. The lowest BCUT2D eigenvalue weighted by Gasteiger charge is -2.38. The Labute approximate surface area is 260 Å². The van der Waals surface area contributed by atoms with Crippen LogP contribution in [0, 0.1) is 18.8 Å². The van der Waals surface area contributed by atoms with E-state index in [-0.39, 0.29) is 11.7 Å². The third kappa shape index (κ3) is 6.07. The Morgan fingerprint density at radius 2 is 1.82 bits per heavy atom. The minimum absolute atomic E-state index is 0.0241. The molecule has 9 heteroatoms. The molecule has 3 aromatic rings. The number of hydrogen-bond acceptors (Lipinski definition) is 8. The number of ether oxygens (including phenoxy) is 1. The highest BCUT2D eigenvalue weighted by atomic mass is 16.5. The van der Waals surface area contributed by atoms with Crippen molar-refractivity contribution in [1.82, 2.24) is 19.8 Å². The van der Waals surface area contributed by atoms with Gasteiger partial charge in [0.2, 0.25) is 5.91 Å². The van der Waals surface area contributed by atoms with Gasteiger partial charge in [-0.05, 0) is 81.5 Å². The zero-order valence-electron chi connectivity index (χ0n) is 25.9. The molecule has 7 rings (SSSR count). The van der Waals surface area contributed by atoms with Crippen molar-refractivity contribution in [3.8, 4) is 11.8 Å². The first-order valence-electron chi connectivity index (χ1n) is 16.3. The van der Waals surface area contributed by atoms with Crippen LogP contribution in [-0.2, 0) is 17.8 Å². The van der Waals surface area contributed by atoms with E-state index in [4.69, 9.17) is 14.7 Å². The van der Waals surface area contributed by atoms with Crippen molar-refractivity contribution < 1.29 is 14.6 Å². The first-order valence-corrected chi connectivity index (χ1v) is 16.3.